The summed E-state index contributed by atoms with van der Waals surface area (Å²) in [5, 5.41) is 2.86. The lowest BCUT2D eigenvalue weighted by molar-refractivity contribution is 0.0937. The predicted molar refractivity (Wildman–Crippen MR) is 85.0 cm³/mol. The molecule has 0 aromatic heterocycles. The van der Waals surface area contributed by atoms with Crippen molar-refractivity contribution in [3.63, 3.8) is 0 Å². The Bertz CT molecular complexity index is 589. The van der Waals surface area contributed by atoms with Crippen LogP contribution in [0.25, 0.3) is 0 Å². The summed E-state index contributed by atoms with van der Waals surface area (Å²) in [6.45, 7) is 9.05. The number of amides is 1. The van der Waals surface area contributed by atoms with E-state index in [2.05, 4.69) is 33.0 Å². The van der Waals surface area contributed by atoms with E-state index < -0.39 is 9.05 Å². The predicted octanol–water partition coefficient (Wildman–Crippen LogP) is 3.27. The van der Waals surface area contributed by atoms with E-state index >= 15 is 0 Å². The van der Waals surface area contributed by atoms with Crippen molar-refractivity contribution in [2.75, 3.05) is 6.54 Å². The van der Waals surface area contributed by atoms with Crippen LogP contribution in [0.5, 0.6) is 0 Å². The highest BCUT2D eigenvalue weighted by atomic mass is 35.7. The van der Waals surface area contributed by atoms with Crippen molar-refractivity contribution in [2.45, 2.75) is 32.6 Å². The lowest BCUT2D eigenvalue weighted by Gasteiger charge is -2.25. The Morgan fingerprint density at radius 2 is 1.76 bits per heavy atom. The lowest BCUT2D eigenvalue weighted by Crippen LogP contribution is -2.33. The molecule has 0 saturated heterocycles. The molecule has 0 bridgehead atoms. The summed E-state index contributed by atoms with van der Waals surface area (Å²) in [5.74, 6) is 0.997. The van der Waals surface area contributed by atoms with Crippen LogP contribution in [0, 0.1) is 17.8 Å². The van der Waals surface area contributed by atoms with Gasteiger partial charge in [0.2, 0.25) is 0 Å². The van der Waals surface area contributed by atoms with Gasteiger partial charge in [0.05, 0.1) is 4.90 Å². The van der Waals surface area contributed by atoms with Gasteiger partial charge in [0.25, 0.3) is 15.0 Å². The van der Waals surface area contributed by atoms with E-state index in [0.29, 0.717) is 29.9 Å². The smallest absolute Gasteiger partial charge is 0.261 e. The van der Waals surface area contributed by atoms with Crippen molar-refractivity contribution in [1.29, 1.82) is 0 Å². The first-order valence-corrected chi connectivity index (χ1v) is 9.26. The molecule has 0 aliphatic rings. The standard InChI is InChI=1S/C15H22ClNO3S/c1-10(2)14(11(3)4)9-17-15(18)12-6-5-7-13(8-12)21(16,19)20/h5-8,10-11,14H,9H2,1-4H3,(H,17,18). The molecule has 0 saturated carbocycles. The molecule has 1 aromatic rings. The molecule has 0 heterocycles. The second-order valence-corrected chi connectivity index (χ2v) is 8.39. The molecule has 1 aromatic carbocycles. The zero-order valence-corrected chi connectivity index (χ0v) is 14.3. The first-order valence-electron chi connectivity index (χ1n) is 6.96. The van der Waals surface area contributed by atoms with Gasteiger partial charge < -0.3 is 5.32 Å². The summed E-state index contributed by atoms with van der Waals surface area (Å²) >= 11 is 0. The molecule has 0 aliphatic carbocycles. The Kier molecular flexibility index (Phi) is 6.23. The number of rotatable bonds is 6. The van der Waals surface area contributed by atoms with Crippen molar-refractivity contribution < 1.29 is 13.2 Å². The number of hydrogen-bond acceptors (Lipinski definition) is 3. The molecular weight excluding hydrogens is 310 g/mol. The Labute approximate surface area is 131 Å². The van der Waals surface area contributed by atoms with E-state index in [9.17, 15) is 13.2 Å². The molecule has 0 spiro atoms. The van der Waals surface area contributed by atoms with Gasteiger partial charge in [-0.3, -0.25) is 4.79 Å². The minimum absolute atomic E-state index is 0.0684. The third-order valence-corrected chi connectivity index (χ3v) is 4.94. The highest BCUT2D eigenvalue weighted by molar-refractivity contribution is 8.13. The van der Waals surface area contributed by atoms with E-state index in [1.807, 2.05) is 0 Å². The molecule has 0 radical (unpaired) electrons. The molecule has 0 unspecified atom stereocenters. The maximum Gasteiger partial charge on any atom is 0.261 e. The topological polar surface area (TPSA) is 63.2 Å². The van der Waals surface area contributed by atoms with E-state index in [-0.39, 0.29) is 10.8 Å². The maximum absolute atomic E-state index is 12.1. The summed E-state index contributed by atoms with van der Waals surface area (Å²) in [4.78, 5) is 12.1. The number of benzene rings is 1. The zero-order chi connectivity index (χ0) is 16.2. The summed E-state index contributed by atoms with van der Waals surface area (Å²) in [6, 6.07) is 5.73. The number of carbonyl (C=O) groups is 1. The maximum atomic E-state index is 12.1. The van der Waals surface area contributed by atoms with Crippen LogP contribution in [0.3, 0.4) is 0 Å². The molecule has 118 valence electrons. The quantitative estimate of drug-likeness (QED) is 0.814. The first-order chi connectivity index (χ1) is 9.62. The van der Waals surface area contributed by atoms with Crippen LogP contribution < -0.4 is 5.32 Å². The average molecular weight is 332 g/mol. The SMILES string of the molecule is CC(C)C(CNC(=O)c1cccc(S(=O)(=O)Cl)c1)C(C)C. The summed E-state index contributed by atoms with van der Waals surface area (Å²) in [7, 11) is 1.46. The summed E-state index contributed by atoms with van der Waals surface area (Å²) in [6.07, 6.45) is 0. The van der Waals surface area contributed by atoms with Crippen LogP contribution in [0.1, 0.15) is 38.1 Å². The highest BCUT2D eigenvalue weighted by Crippen LogP contribution is 2.20. The van der Waals surface area contributed by atoms with Crippen LogP contribution >= 0.6 is 10.7 Å². The summed E-state index contributed by atoms with van der Waals surface area (Å²) in [5.41, 5.74) is 0.294. The van der Waals surface area contributed by atoms with Gasteiger partial charge >= 0.3 is 0 Å². The highest BCUT2D eigenvalue weighted by Gasteiger charge is 2.19. The third kappa shape index (κ3) is 5.32. The fourth-order valence-corrected chi connectivity index (χ4v) is 3.14. The zero-order valence-electron chi connectivity index (χ0n) is 12.8. The van der Waals surface area contributed by atoms with Crippen LogP contribution in [0.15, 0.2) is 29.2 Å². The number of nitrogens with one attached hydrogen (secondary N) is 1. The molecule has 1 amide bonds. The Morgan fingerprint density at radius 1 is 1.19 bits per heavy atom. The summed E-state index contributed by atoms with van der Waals surface area (Å²) < 4.78 is 22.6. The monoisotopic (exact) mass is 331 g/mol. The van der Waals surface area contributed by atoms with Crippen LogP contribution in [0.2, 0.25) is 0 Å². The molecule has 1 N–H and O–H groups in total. The van der Waals surface area contributed by atoms with Gasteiger partial charge in [0.15, 0.2) is 0 Å². The van der Waals surface area contributed by atoms with Gasteiger partial charge in [-0.2, -0.15) is 0 Å². The second-order valence-electron chi connectivity index (χ2n) is 5.83. The molecule has 21 heavy (non-hydrogen) atoms. The van der Waals surface area contributed by atoms with Crippen LogP contribution in [-0.4, -0.2) is 20.9 Å². The third-order valence-electron chi connectivity index (χ3n) is 3.59. The van der Waals surface area contributed by atoms with Gasteiger partial charge in [-0.05, 0) is 36.0 Å². The Morgan fingerprint density at radius 3 is 2.24 bits per heavy atom. The van der Waals surface area contributed by atoms with E-state index in [1.165, 1.54) is 18.2 Å². The Balaban J connectivity index is 2.81. The van der Waals surface area contributed by atoms with Crippen molar-refractivity contribution in [2.24, 2.45) is 17.8 Å². The second kappa shape index (κ2) is 7.27. The van der Waals surface area contributed by atoms with Crippen molar-refractivity contribution in [3.8, 4) is 0 Å². The molecular formula is C15H22ClNO3S. The minimum atomic E-state index is -3.82. The van der Waals surface area contributed by atoms with E-state index in [4.69, 9.17) is 10.7 Å². The molecule has 1 rings (SSSR count). The fourth-order valence-electron chi connectivity index (χ4n) is 2.34. The van der Waals surface area contributed by atoms with Gasteiger partial charge in [-0.25, -0.2) is 8.42 Å². The molecule has 6 heteroatoms. The minimum Gasteiger partial charge on any atom is -0.352 e. The number of halogens is 1. The first kappa shape index (κ1) is 18.0. The van der Waals surface area contributed by atoms with Crippen LogP contribution in [0.4, 0.5) is 0 Å². The Hall–Kier alpha value is -1.07. The van der Waals surface area contributed by atoms with Crippen molar-refractivity contribution in [1.82, 2.24) is 5.32 Å². The fraction of sp³-hybridized carbons (Fsp3) is 0.533. The van der Waals surface area contributed by atoms with E-state index in [0.717, 1.165) is 0 Å². The van der Waals surface area contributed by atoms with Gasteiger partial charge in [0.1, 0.15) is 0 Å². The molecule has 4 nitrogen and oxygen atoms in total. The van der Waals surface area contributed by atoms with Gasteiger partial charge in [0, 0.05) is 22.8 Å². The molecule has 0 atom stereocenters. The van der Waals surface area contributed by atoms with Gasteiger partial charge in [-0.15, -0.1) is 0 Å². The number of carbonyl (C=O) groups excluding carboxylic acids is 1. The number of hydrogen-bond donors (Lipinski definition) is 1. The molecule has 0 aliphatic heterocycles. The normalized spacial score (nSPS) is 12.2. The average Bonchev–Trinajstić information content (AvgIpc) is 2.37. The molecule has 0 fully saturated rings. The van der Waals surface area contributed by atoms with Gasteiger partial charge in [-0.1, -0.05) is 33.8 Å². The van der Waals surface area contributed by atoms with Crippen molar-refractivity contribution >= 4 is 25.6 Å². The largest absolute Gasteiger partial charge is 0.352 e. The lowest BCUT2D eigenvalue weighted by atomic mass is 9.85. The van der Waals surface area contributed by atoms with E-state index in [1.54, 1.807) is 6.07 Å². The van der Waals surface area contributed by atoms with Crippen LogP contribution in [-0.2, 0) is 9.05 Å². The van der Waals surface area contributed by atoms with Crippen molar-refractivity contribution in [3.05, 3.63) is 29.8 Å².